The quantitative estimate of drug-likeness (QED) is 0.805. The van der Waals surface area contributed by atoms with E-state index in [0.29, 0.717) is 17.2 Å². The van der Waals surface area contributed by atoms with E-state index in [9.17, 15) is 10.4 Å². The molecule has 0 aromatic heterocycles. The summed E-state index contributed by atoms with van der Waals surface area (Å²) in [6.07, 6.45) is 6.19. The second-order valence-corrected chi connectivity index (χ2v) is 6.86. The van der Waals surface area contributed by atoms with Gasteiger partial charge in [-0.15, -0.1) is 24.8 Å². The molecule has 1 atom stereocenters. The van der Waals surface area contributed by atoms with Gasteiger partial charge in [0.05, 0.1) is 18.7 Å². The fraction of sp³-hybridized carbons (Fsp3) is 0.632. The van der Waals surface area contributed by atoms with Crippen molar-refractivity contribution in [1.29, 1.82) is 5.26 Å². The first-order valence-corrected chi connectivity index (χ1v) is 9.00. The number of nitriles is 1. The molecular weight excluding hydrogens is 373 g/mol. The number of phenols is 1. The van der Waals surface area contributed by atoms with E-state index >= 15 is 0 Å². The smallest absolute Gasteiger partial charge is 0.162 e. The zero-order valence-corrected chi connectivity index (χ0v) is 16.9. The first kappa shape index (κ1) is 22.9. The molecule has 0 bridgehead atoms. The summed E-state index contributed by atoms with van der Waals surface area (Å²) < 4.78 is 5.32. The highest BCUT2D eigenvalue weighted by atomic mass is 35.5. The molecule has 1 aliphatic heterocycles. The van der Waals surface area contributed by atoms with Crippen LogP contribution in [0.2, 0.25) is 0 Å². The Bertz CT molecular complexity index is 592. The Hall–Kier alpha value is -1.19. The third-order valence-corrected chi connectivity index (χ3v) is 5.41. The molecule has 7 heteroatoms. The fourth-order valence-corrected chi connectivity index (χ4v) is 4.23. The van der Waals surface area contributed by atoms with Crippen molar-refractivity contribution in [3.05, 3.63) is 23.3 Å². The second kappa shape index (κ2) is 10.8. The standard InChI is InChI=1S/C19H27N3O2.2ClH/c1-24-17-12-14(13-20)11-16(19(17)23)18(15-5-3-2-4-6-15)22-9-7-21-8-10-22;;/h11-12,15,18,21,23H,2-10H2,1H3;2*1H/t18-;;/m0../s1. The number of hydrogen-bond acceptors (Lipinski definition) is 5. The van der Waals surface area contributed by atoms with Gasteiger partial charge >= 0.3 is 0 Å². The number of halogens is 2. The molecule has 1 saturated carbocycles. The first-order chi connectivity index (χ1) is 11.7. The number of nitrogens with zero attached hydrogens (tertiary/aromatic N) is 2. The molecule has 2 fully saturated rings. The van der Waals surface area contributed by atoms with Gasteiger partial charge in [-0.25, -0.2) is 0 Å². The van der Waals surface area contributed by atoms with Gasteiger partial charge in [-0.05, 0) is 24.8 Å². The predicted octanol–water partition coefficient (Wildman–Crippen LogP) is 3.64. The van der Waals surface area contributed by atoms with Gasteiger partial charge in [-0.1, -0.05) is 19.3 Å². The number of aromatic hydroxyl groups is 1. The van der Waals surface area contributed by atoms with Crippen LogP contribution in [-0.2, 0) is 0 Å². The molecule has 1 aromatic rings. The number of piperazine rings is 1. The van der Waals surface area contributed by atoms with Crippen LogP contribution >= 0.6 is 24.8 Å². The summed E-state index contributed by atoms with van der Waals surface area (Å²) in [7, 11) is 1.54. The topological polar surface area (TPSA) is 68.5 Å². The molecule has 1 saturated heterocycles. The average Bonchev–Trinajstić information content (AvgIpc) is 2.65. The minimum absolute atomic E-state index is 0. The van der Waals surface area contributed by atoms with Crippen LogP contribution in [0.4, 0.5) is 0 Å². The number of hydrogen-bond donors (Lipinski definition) is 2. The van der Waals surface area contributed by atoms with E-state index in [-0.39, 0.29) is 36.6 Å². The van der Waals surface area contributed by atoms with E-state index in [1.807, 2.05) is 6.07 Å². The van der Waals surface area contributed by atoms with Crippen molar-refractivity contribution < 1.29 is 9.84 Å². The molecule has 5 nitrogen and oxygen atoms in total. The maximum Gasteiger partial charge on any atom is 0.162 e. The summed E-state index contributed by atoms with van der Waals surface area (Å²) in [6.45, 7) is 3.89. The Morgan fingerprint density at radius 1 is 1.19 bits per heavy atom. The van der Waals surface area contributed by atoms with E-state index in [1.165, 1.54) is 32.1 Å². The zero-order chi connectivity index (χ0) is 16.9. The van der Waals surface area contributed by atoms with E-state index in [1.54, 1.807) is 13.2 Å². The lowest BCUT2D eigenvalue weighted by molar-refractivity contribution is 0.101. The molecule has 2 N–H and O–H groups in total. The highest BCUT2D eigenvalue weighted by molar-refractivity contribution is 5.85. The van der Waals surface area contributed by atoms with Crippen molar-refractivity contribution in [2.75, 3.05) is 33.3 Å². The SMILES string of the molecule is COc1cc(C#N)cc([C@H](C2CCCCC2)N2CCNCC2)c1O.Cl.Cl. The molecular formula is C19H29Cl2N3O2. The molecule has 1 heterocycles. The van der Waals surface area contributed by atoms with Gasteiger partial charge < -0.3 is 15.2 Å². The lowest BCUT2D eigenvalue weighted by Crippen LogP contribution is -2.47. The van der Waals surface area contributed by atoms with Crippen LogP contribution in [0.25, 0.3) is 0 Å². The van der Waals surface area contributed by atoms with Crippen molar-refractivity contribution in [2.45, 2.75) is 38.1 Å². The van der Waals surface area contributed by atoms with Crippen molar-refractivity contribution >= 4 is 24.8 Å². The Labute approximate surface area is 168 Å². The highest BCUT2D eigenvalue weighted by Gasteiger charge is 2.33. The van der Waals surface area contributed by atoms with Gasteiger partial charge in [0.25, 0.3) is 0 Å². The van der Waals surface area contributed by atoms with Crippen molar-refractivity contribution in [2.24, 2.45) is 5.92 Å². The molecule has 0 spiro atoms. The third-order valence-electron chi connectivity index (χ3n) is 5.41. The van der Waals surface area contributed by atoms with Gasteiger partial charge in [0.2, 0.25) is 0 Å². The molecule has 0 amide bonds. The molecule has 26 heavy (non-hydrogen) atoms. The van der Waals surface area contributed by atoms with Gasteiger partial charge in [0.15, 0.2) is 11.5 Å². The molecule has 2 aliphatic rings. The van der Waals surface area contributed by atoms with Crippen LogP contribution in [0.3, 0.4) is 0 Å². The normalized spacial score (nSPS) is 19.5. The first-order valence-electron chi connectivity index (χ1n) is 9.00. The van der Waals surface area contributed by atoms with E-state index in [2.05, 4.69) is 16.3 Å². The Kier molecular flexibility index (Phi) is 9.52. The van der Waals surface area contributed by atoms with E-state index in [4.69, 9.17) is 4.74 Å². The third kappa shape index (κ3) is 4.95. The van der Waals surface area contributed by atoms with Crippen LogP contribution in [0.15, 0.2) is 12.1 Å². The molecule has 146 valence electrons. The molecule has 1 aromatic carbocycles. The zero-order valence-electron chi connectivity index (χ0n) is 15.2. The summed E-state index contributed by atoms with van der Waals surface area (Å²) in [5, 5.41) is 23.5. The monoisotopic (exact) mass is 401 g/mol. The summed E-state index contributed by atoms with van der Waals surface area (Å²) >= 11 is 0. The minimum atomic E-state index is 0. The number of rotatable bonds is 4. The van der Waals surface area contributed by atoms with Crippen molar-refractivity contribution in [3.8, 4) is 17.6 Å². The predicted molar refractivity (Wildman–Crippen MR) is 108 cm³/mol. The van der Waals surface area contributed by atoms with Crippen molar-refractivity contribution in [1.82, 2.24) is 10.2 Å². The van der Waals surface area contributed by atoms with Gasteiger partial charge in [0.1, 0.15) is 0 Å². The number of methoxy groups -OCH3 is 1. The summed E-state index contributed by atoms with van der Waals surface area (Å²) in [6, 6.07) is 5.85. The molecule has 0 radical (unpaired) electrons. The van der Waals surface area contributed by atoms with Gasteiger partial charge in [-0.3, -0.25) is 4.90 Å². The Morgan fingerprint density at radius 3 is 2.42 bits per heavy atom. The van der Waals surface area contributed by atoms with Crippen molar-refractivity contribution in [3.63, 3.8) is 0 Å². The number of phenolic OH excluding ortho intramolecular Hbond substituents is 1. The number of nitrogens with one attached hydrogen (secondary N) is 1. The van der Waals surface area contributed by atoms with Crippen LogP contribution < -0.4 is 10.1 Å². The summed E-state index contributed by atoms with van der Waals surface area (Å²) in [5.41, 5.74) is 1.41. The Balaban J connectivity index is 0.00000169. The molecule has 0 unspecified atom stereocenters. The van der Waals surface area contributed by atoms with Crippen LogP contribution in [-0.4, -0.2) is 43.3 Å². The van der Waals surface area contributed by atoms with Gasteiger partial charge in [0, 0.05) is 43.9 Å². The van der Waals surface area contributed by atoms with Crippen LogP contribution in [0.1, 0.15) is 49.3 Å². The highest BCUT2D eigenvalue weighted by Crippen LogP contribution is 2.44. The summed E-state index contributed by atoms with van der Waals surface area (Å²) in [4.78, 5) is 2.47. The fourth-order valence-electron chi connectivity index (χ4n) is 4.23. The largest absolute Gasteiger partial charge is 0.504 e. The van der Waals surface area contributed by atoms with Crippen LogP contribution in [0.5, 0.6) is 11.5 Å². The lowest BCUT2D eigenvalue weighted by atomic mass is 9.79. The van der Waals surface area contributed by atoms with E-state index < -0.39 is 0 Å². The van der Waals surface area contributed by atoms with E-state index in [0.717, 1.165) is 31.7 Å². The van der Waals surface area contributed by atoms with Gasteiger partial charge in [-0.2, -0.15) is 5.26 Å². The molecule has 3 rings (SSSR count). The minimum Gasteiger partial charge on any atom is -0.504 e. The average molecular weight is 402 g/mol. The maximum atomic E-state index is 10.8. The Morgan fingerprint density at radius 2 is 1.85 bits per heavy atom. The summed E-state index contributed by atoms with van der Waals surface area (Å²) in [5.74, 6) is 1.13. The number of ether oxygens (including phenoxy) is 1. The molecule has 1 aliphatic carbocycles. The van der Waals surface area contributed by atoms with Crippen LogP contribution in [0, 0.1) is 17.2 Å². The maximum absolute atomic E-state index is 10.8. The lowest BCUT2D eigenvalue weighted by Gasteiger charge is -2.41. The second-order valence-electron chi connectivity index (χ2n) is 6.86. The number of benzene rings is 1.